The SMILES string of the molecule is COc1ccc(C)cc1NC1=C(Cl)C(=O)c2ccccc2C1=O. The van der Waals surface area contributed by atoms with Crippen molar-refractivity contribution >= 4 is 28.9 Å². The smallest absolute Gasteiger partial charge is 0.211 e. The first-order valence-electron chi connectivity index (χ1n) is 7.02. The predicted molar refractivity (Wildman–Crippen MR) is 89.3 cm³/mol. The second kappa shape index (κ2) is 5.89. The number of ether oxygens (including phenoxy) is 1. The number of methoxy groups -OCH3 is 1. The van der Waals surface area contributed by atoms with Crippen molar-refractivity contribution in [1.82, 2.24) is 0 Å². The molecule has 1 aliphatic carbocycles. The normalized spacial score (nSPS) is 13.9. The lowest BCUT2D eigenvalue weighted by Gasteiger charge is -2.20. The number of hydrogen-bond acceptors (Lipinski definition) is 4. The van der Waals surface area contributed by atoms with Crippen LogP contribution < -0.4 is 10.1 Å². The predicted octanol–water partition coefficient (Wildman–Crippen LogP) is 3.95. The highest BCUT2D eigenvalue weighted by atomic mass is 35.5. The van der Waals surface area contributed by atoms with E-state index in [-0.39, 0.29) is 22.3 Å². The van der Waals surface area contributed by atoms with Crippen LogP contribution in [0.4, 0.5) is 5.69 Å². The maximum Gasteiger partial charge on any atom is 0.211 e. The molecule has 2 aromatic rings. The van der Waals surface area contributed by atoms with E-state index in [1.807, 2.05) is 19.1 Å². The molecule has 0 aliphatic heterocycles. The van der Waals surface area contributed by atoms with Gasteiger partial charge >= 0.3 is 0 Å². The van der Waals surface area contributed by atoms with Gasteiger partial charge in [-0.2, -0.15) is 0 Å². The molecule has 0 radical (unpaired) electrons. The molecule has 4 nitrogen and oxygen atoms in total. The van der Waals surface area contributed by atoms with E-state index in [0.717, 1.165) is 5.56 Å². The Bertz CT molecular complexity index is 855. The first-order chi connectivity index (χ1) is 11.0. The van der Waals surface area contributed by atoms with Crippen molar-refractivity contribution in [3.8, 4) is 5.75 Å². The number of anilines is 1. The van der Waals surface area contributed by atoms with E-state index >= 15 is 0 Å². The molecular formula is C18H14ClNO3. The average molecular weight is 328 g/mol. The number of fused-ring (bicyclic) bond motifs is 1. The summed E-state index contributed by atoms with van der Waals surface area (Å²) in [6, 6.07) is 12.1. The van der Waals surface area contributed by atoms with E-state index in [9.17, 15) is 9.59 Å². The first-order valence-corrected chi connectivity index (χ1v) is 7.40. The Morgan fingerprint density at radius 2 is 1.65 bits per heavy atom. The van der Waals surface area contributed by atoms with Gasteiger partial charge in [0.2, 0.25) is 11.6 Å². The van der Waals surface area contributed by atoms with Crippen molar-refractivity contribution in [1.29, 1.82) is 0 Å². The molecule has 116 valence electrons. The van der Waals surface area contributed by atoms with Crippen molar-refractivity contribution in [3.63, 3.8) is 0 Å². The highest BCUT2D eigenvalue weighted by molar-refractivity contribution is 6.50. The molecule has 2 aromatic carbocycles. The van der Waals surface area contributed by atoms with Gasteiger partial charge in [-0.25, -0.2) is 0 Å². The summed E-state index contributed by atoms with van der Waals surface area (Å²) in [6.45, 7) is 1.92. The summed E-state index contributed by atoms with van der Waals surface area (Å²) < 4.78 is 5.28. The van der Waals surface area contributed by atoms with Crippen molar-refractivity contribution in [3.05, 3.63) is 69.9 Å². The number of ketones is 2. The van der Waals surface area contributed by atoms with E-state index < -0.39 is 0 Å². The van der Waals surface area contributed by atoms with Gasteiger partial charge < -0.3 is 10.1 Å². The lowest BCUT2D eigenvalue weighted by atomic mass is 9.92. The van der Waals surface area contributed by atoms with Crippen LogP contribution in [0.2, 0.25) is 0 Å². The zero-order valence-electron chi connectivity index (χ0n) is 12.6. The summed E-state index contributed by atoms with van der Waals surface area (Å²) in [4.78, 5) is 25.0. The average Bonchev–Trinajstić information content (AvgIpc) is 2.57. The minimum Gasteiger partial charge on any atom is -0.495 e. The fraction of sp³-hybridized carbons (Fsp3) is 0.111. The molecule has 0 fully saturated rings. The number of carbonyl (C=O) groups excluding carboxylic acids is 2. The summed E-state index contributed by atoms with van der Waals surface area (Å²) in [6.07, 6.45) is 0. The van der Waals surface area contributed by atoms with Crippen molar-refractivity contribution in [2.45, 2.75) is 6.92 Å². The maximum atomic E-state index is 12.7. The molecule has 0 unspecified atom stereocenters. The second-order valence-corrected chi connectivity index (χ2v) is 5.60. The molecule has 0 aromatic heterocycles. The zero-order valence-corrected chi connectivity index (χ0v) is 13.4. The fourth-order valence-corrected chi connectivity index (χ4v) is 2.75. The Balaban J connectivity index is 2.07. The van der Waals surface area contributed by atoms with Crippen molar-refractivity contribution < 1.29 is 14.3 Å². The number of carbonyl (C=O) groups is 2. The van der Waals surface area contributed by atoms with Crippen LogP contribution in [0.1, 0.15) is 26.3 Å². The molecule has 0 amide bonds. The molecule has 0 bridgehead atoms. The van der Waals surface area contributed by atoms with Gasteiger partial charge in [0.05, 0.1) is 12.8 Å². The topological polar surface area (TPSA) is 55.4 Å². The van der Waals surface area contributed by atoms with Crippen molar-refractivity contribution in [2.75, 3.05) is 12.4 Å². The van der Waals surface area contributed by atoms with Crippen LogP contribution in [0.5, 0.6) is 5.75 Å². The summed E-state index contributed by atoms with van der Waals surface area (Å²) in [7, 11) is 1.54. The molecule has 3 rings (SSSR count). The Morgan fingerprint density at radius 1 is 1.00 bits per heavy atom. The van der Waals surface area contributed by atoms with E-state index in [1.54, 1.807) is 30.3 Å². The minimum atomic E-state index is -0.365. The van der Waals surface area contributed by atoms with E-state index in [0.29, 0.717) is 22.6 Å². The van der Waals surface area contributed by atoms with Crippen LogP contribution in [0, 0.1) is 6.92 Å². The molecule has 1 N–H and O–H groups in total. The van der Waals surface area contributed by atoms with Gasteiger partial charge in [-0.05, 0) is 24.6 Å². The lowest BCUT2D eigenvalue weighted by molar-refractivity contribution is 0.0982. The number of benzene rings is 2. The molecular weight excluding hydrogens is 314 g/mol. The second-order valence-electron chi connectivity index (χ2n) is 5.22. The summed E-state index contributed by atoms with van der Waals surface area (Å²) in [5, 5.41) is 2.85. The monoisotopic (exact) mass is 327 g/mol. The van der Waals surface area contributed by atoms with Crippen molar-refractivity contribution in [2.24, 2.45) is 0 Å². The quantitative estimate of drug-likeness (QED) is 0.927. The standard InChI is InChI=1S/C18H14ClNO3/c1-10-7-8-14(23-2)13(9-10)20-16-15(19)17(21)11-5-3-4-6-12(11)18(16)22/h3-9,20H,1-2H3. The van der Waals surface area contributed by atoms with Crippen LogP contribution >= 0.6 is 11.6 Å². The Hall–Kier alpha value is -2.59. The third kappa shape index (κ3) is 2.62. The third-order valence-corrected chi connectivity index (χ3v) is 4.04. The van der Waals surface area contributed by atoms with E-state index in [4.69, 9.17) is 16.3 Å². The largest absolute Gasteiger partial charge is 0.495 e. The molecule has 0 atom stereocenters. The number of rotatable bonds is 3. The molecule has 5 heteroatoms. The number of Topliss-reactive ketones (excluding diaryl/α,β-unsaturated/α-hetero) is 2. The third-order valence-electron chi connectivity index (χ3n) is 3.68. The fourth-order valence-electron chi connectivity index (χ4n) is 2.51. The summed E-state index contributed by atoms with van der Waals surface area (Å²) in [5.74, 6) is -0.114. The van der Waals surface area contributed by atoms with Gasteiger partial charge in [0.25, 0.3) is 0 Å². The Kier molecular flexibility index (Phi) is 3.92. The number of nitrogens with one attached hydrogen (secondary N) is 1. The van der Waals surface area contributed by atoms with Gasteiger partial charge in [-0.15, -0.1) is 0 Å². The number of allylic oxidation sites excluding steroid dienone is 2. The molecule has 0 saturated heterocycles. The minimum absolute atomic E-state index is 0.0688. The Morgan fingerprint density at radius 3 is 2.30 bits per heavy atom. The van der Waals surface area contributed by atoms with Crippen LogP contribution in [-0.2, 0) is 0 Å². The molecule has 0 spiro atoms. The number of aryl methyl sites for hydroxylation is 1. The molecule has 23 heavy (non-hydrogen) atoms. The highest BCUT2D eigenvalue weighted by Crippen LogP contribution is 2.32. The van der Waals surface area contributed by atoms with Gasteiger partial charge in [0.15, 0.2) is 0 Å². The lowest BCUT2D eigenvalue weighted by Crippen LogP contribution is -2.24. The zero-order chi connectivity index (χ0) is 16.6. The molecule has 0 heterocycles. The van der Waals surface area contributed by atoms with E-state index in [2.05, 4.69) is 5.32 Å². The number of hydrogen-bond donors (Lipinski definition) is 1. The molecule has 1 aliphatic rings. The molecule has 0 saturated carbocycles. The van der Waals surface area contributed by atoms with Gasteiger partial charge in [-0.3, -0.25) is 9.59 Å². The summed E-state index contributed by atoms with van der Waals surface area (Å²) in [5.41, 5.74) is 2.31. The Labute approximate surface area is 138 Å². The van der Waals surface area contributed by atoms with Crippen LogP contribution in [0.15, 0.2) is 53.2 Å². The number of halogens is 1. The summed E-state index contributed by atoms with van der Waals surface area (Å²) >= 11 is 6.15. The van der Waals surface area contributed by atoms with Crippen LogP contribution in [0.3, 0.4) is 0 Å². The van der Waals surface area contributed by atoms with Gasteiger partial charge in [0, 0.05) is 11.1 Å². The van der Waals surface area contributed by atoms with Gasteiger partial charge in [-0.1, -0.05) is 41.9 Å². The highest BCUT2D eigenvalue weighted by Gasteiger charge is 2.31. The van der Waals surface area contributed by atoms with Crippen LogP contribution in [0.25, 0.3) is 0 Å². The van der Waals surface area contributed by atoms with Crippen LogP contribution in [-0.4, -0.2) is 18.7 Å². The van der Waals surface area contributed by atoms with Gasteiger partial charge in [0.1, 0.15) is 16.5 Å². The maximum absolute atomic E-state index is 12.7. The first kappa shape index (κ1) is 15.3. The van der Waals surface area contributed by atoms with E-state index in [1.165, 1.54) is 7.11 Å².